The summed E-state index contributed by atoms with van der Waals surface area (Å²) in [5.74, 6) is 0. The maximum atomic E-state index is 3.25. The van der Waals surface area contributed by atoms with Gasteiger partial charge >= 0.3 is 65.0 Å². The Kier molecular flexibility index (Phi) is 1030. The molecule has 0 aliphatic heterocycles. The van der Waals surface area contributed by atoms with Gasteiger partial charge < -0.3 is 27.7 Å². The normalized spacial score (nSPS) is 2.40. The Bertz CT molecular complexity index is 9.22. The molecule has 0 aromatic rings. The van der Waals surface area contributed by atoms with E-state index in [9.17, 15) is 0 Å². The number of hydrogen-bond acceptors (Lipinski definition) is 0. The van der Waals surface area contributed by atoms with Crippen molar-refractivity contribution in [1.29, 1.82) is 0 Å². The molecule has 0 rings (SSSR count). The zero-order valence-electron chi connectivity index (χ0n) is 8.24. The average Bonchev–Trinajstić information content (AvgIpc) is 2.03. The fraction of sp³-hybridized carbons (Fsp3) is 0.500. The predicted molar refractivity (Wildman–Crippen MR) is 49.9 cm³/mol. The first-order valence-electron chi connectivity index (χ1n) is 2.83. The second-order valence-electron chi connectivity index (χ2n) is 0. The first-order chi connectivity index (χ1) is 4.00. The molecule has 0 heterocycles. The van der Waals surface area contributed by atoms with Crippen molar-refractivity contribution in [3.8, 4) is 0 Å². The van der Waals surface area contributed by atoms with Crippen LogP contribution in [-0.2, 0) is 19.5 Å². The molecule has 2 heteroatoms. The Morgan fingerprint density at radius 3 is 0.500 bits per heavy atom. The van der Waals surface area contributed by atoms with Crippen LogP contribution >= 0.6 is 0 Å². The first kappa shape index (κ1) is 40.1. The molecule has 0 unspecified atom stereocenters. The van der Waals surface area contributed by atoms with Crippen LogP contribution in [0.15, 0.2) is 0 Å². The molecular formula is C8H20SrZn. The van der Waals surface area contributed by atoms with Crippen LogP contribution in [0.2, 0.25) is 0 Å². The Morgan fingerprint density at radius 1 is 0.500 bits per heavy atom. The summed E-state index contributed by atoms with van der Waals surface area (Å²) in [6.07, 6.45) is 0. The van der Waals surface area contributed by atoms with E-state index in [1.54, 1.807) is 27.7 Å². The molecule has 0 N–H and O–H groups in total. The van der Waals surface area contributed by atoms with E-state index < -0.39 is 0 Å². The summed E-state index contributed by atoms with van der Waals surface area (Å²) in [5, 5.41) is 0. The van der Waals surface area contributed by atoms with Crippen molar-refractivity contribution in [3.05, 3.63) is 27.7 Å². The van der Waals surface area contributed by atoms with Crippen LogP contribution in [0.5, 0.6) is 0 Å². The summed E-state index contributed by atoms with van der Waals surface area (Å²) in [7, 11) is 0. The molecule has 0 aliphatic carbocycles. The number of rotatable bonds is 0. The van der Waals surface area contributed by atoms with E-state index in [2.05, 4.69) is 27.7 Å². The summed E-state index contributed by atoms with van der Waals surface area (Å²) in [5.41, 5.74) is 0. The summed E-state index contributed by atoms with van der Waals surface area (Å²) >= 11 is 0. The molecule has 0 spiro atoms. The molecule has 0 fully saturated rings. The molecule has 0 bridgehead atoms. The van der Waals surface area contributed by atoms with Crippen LogP contribution in [0.25, 0.3) is 0 Å². The van der Waals surface area contributed by atoms with Gasteiger partial charge in [-0.2, -0.15) is 27.7 Å². The number of hydrogen-bond donors (Lipinski definition) is 0. The summed E-state index contributed by atoms with van der Waals surface area (Å²) in [6, 6.07) is 0. The molecule has 0 amide bonds. The maximum absolute atomic E-state index is 3.25. The van der Waals surface area contributed by atoms with Gasteiger partial charge in [-0.05, 0) is 0 Å². The minimum Gasteiger partial charge on any atom is -0.346 e. The quantitative estimate of drug-likeness (QED) is 0.468. The predicted octanol–water partition coefficient (Wildman–Crippen LogP) is 2.98. The minimum absolute atomic E-state index is 0. The fourth-order valence-electron chi connectivity index (χ4n) is 0. The molecule has 10 heavy (non-hydrogen) atoms. The largest absolute Gasteiger partial charge is 2.00 e. The smallest absolute Gasteiger partial charge is 0.346 e. The van der Waals surface area contributed by atoms with Crippen LogP contribution in [0.3, 0.4) is 0 Å². The third kappa shape index (κ3) is 189. The molecular weight excluding hydrogens is 249 g/mol. The van der Waals surface area contributed by atoms with Gasteiger partial charge in [0.1, 0.15) is 0 Å². The van der Waals surface area contributed by atoms with E-state index in [1.165, 1.54) is 0 Å². The van der Waals surface area contributed by atoms with Crippen molar-refractivity contribution in [2.24, 2.45) is 0 Å². The summed E-state index contributed by atoms with van der Waals surface area (Å²) in [6.45, 7) is 20.0. The van der Waals surface area contributed by atoms with Gasteiger partial charge in [-0.25, -0.2) is 0 Å². The zero-order valence-corrected chi connectivity index (χ0v) is 14.7. The Hall–Kier alpha value is 2.10. The van der Waals surface area contributed by atoms with E-state index in [0.717, 1.165) is 0 Å². The third-order valence-corrected chi connectivity index (χ3v) is 0. The van der Waals surface area contributed by atoms with Gasteiger partial charge in [-0.1, -0.05) is 0 Å². The standard InChI is InChI=1S/4C2H5.Sr.Zn/c4*1-2;;/h4*1H2,2H3;;/q4*-1;2*+2. The Labute approximate surface area is 119 Å². The van der Waals surface area contributed by atoms with Gasteiger partial charge in [0.2, 0.25) is 0 Å². The minimum atomic E-state index is 0. The molecule has 0 atom stereocenters. The molecule has 0 aromatic heterocycles. The van der Waals surface area contributed by atoms with Crippen LogP contribution < -0.4 is 0 Å². The van der Waals surface area contributed by atoms with Gasteiger partial charge in [-0.3, -0.25) is 0 Å². The van der Waals surface area contributed by atoms with Crippen LogP contribution in [0.1, 0.15) is 27.7 Å². The average molecular weight is 269 g/mol. The molecule has 0 radical (unpaired) electrons. The third-order valence-electron chi connectivity index (χ3n) is 0. The van der Waals surface area contributed by atoms with Crippen molar-refractivity contribution >= 4 is 45.5 Å². The molecule has 0 saturated heterocycles. The van der Waals surface area contributed by atoms with Crippen molar-refractivity contribution < 1.29 is 19.5 Å². The van der Waals surface area contributed by atoms with E-state index >= 15 is 0 Å². The second kappa shape index (κ2) is 256. The van der Waals surface area contributed by atoms with Gasteiger partial charge in [0.05, 0.1) is 0 Å². The van der Waals surface area contributed by atoms with Crippen molar-refractivity contribution in [3.63, 3.8) is 0 Å². The fourth-order valence-corrected chi connectivity index (χ4v) is 0. The molecule has 0 aliphatic rings. The van der Waals surface area contributed by atoms with E-state index in [4.69, 9.17) is 0 Å². The molecule has 0 nitrogen and oxygen atoms in total. The first-order valence-corrected chi connectivity index (χ1v) is 2.83. The molecule has 0 saturated carbocycles. The SMILES string of the molecule is [CH2-]C.[CH2-]C.[CH2-]C.[CH2-]C.[Sr+2].[Zn+2]. The van der Waals surface area contributed by atoms with E-state index in [-0.39, 0.29) is 65.0 Å². The monoisotopic (exact) mass is 268 g/mol. The van der Waals surface area contributed by atoms with Crippen LogP contribution in [0, 0.1) is 27.7 Å². The van der Waals surface area contributed by atoms with E-state index in [0.29, 0.717) is 0 Å². The van der Waals surface area contributed by atoms with Gasteiger partial charge in [0.25, 0.3) is 0 Å². The topological polar surface area (TPSA) is 0 Å². The van der Waals surface area contributed by atoms with E-state index in [1.807, 2.05) is 0 Å². The molecule has 56 valence electrons. The maximum Gasteiger partial charge on any atom is 2.00 e. The van der Waals surface area contributed by atoms with Gasteiger partial charge in [0, 0.05) is 0 Å². The van der Waals surface area contributed by atoms with Crippen molar-refractivity contribution in [2.45, 2.75) is 27.7 Å². The Morgan fingerprint density at radius 2 is 0.500 bits per heavy atom. The Balaban J connectivity index is -0.00000000500. The zero-order chi connectivity index (χ0) is 8.00. The van der Waals surface area contributed by atoms with Crippen molar-refractivity contribution in [1.82, 2.24) is 0 Å². The van der Waals surface area contributed by atoms with Crippen LogP contribution in [0.4, 0.5) is 0 Å². The summed E-state index contributed by atoms with van der Waals surface area (Å²) < 4.78 is 0. The molecule has 0 aromatic carbocycles. The van der Waals surface area contributed by atoms with Gasteiger partial charge in [-0.15, -0.1) is 0 Å². The second-order valence-corrected chi connectivity index (χ2v) is 0. The van der Waals surface area contributed by atoms with Crippen LogP contribution in [-0.4, -0.2) is 45.5 Å². The van der Waals surface area contributed by atoms with Gasteiger partial charge in [0.15, 0.2) is 0 Å². The summed E-state index contributed by atoms with van der Waals surface area (Å²) in [4.78, 5) is 0. The van der Waals surface area contributed by atoms with Crippen molar-refractivity contribution in [2.75, 3.05) is 0 Å².